The normalized spacial score (nSPS) is 11.3. The first-order valence-electron chi connectivity index (χ1n) is 9.17. The molecule has 0 spiro atoms. The molecule has 0 saturated carbocycles. The van der Waals surface area contributed by atoms with Crippen LogP contribution in [0.1, 0.15) is 39.5 Å². The lowest BCUT2D eigenvalue weighted by atomic mass is 9.91. The number of ether oxygens (including phenoxy) is 1. The summed E-state index contributed by atoms with van der Waals surface area (Å²) in [5.41, 5.74) is 2.68. The molecular formula is C24H22F2O2. The number of hydrogen-bond donors (Lipinski definition) is 0. The molecule has 0 aliphatic carbocycles. The van der Waals surface area contributed by atoms with Gasteiger partial charge in [0.2, 0.25) is 0 Å². The van der Waals surface area contributed by atoms with Crippen LogP contribution in [0.2, 0.25) is 0 Å². The van der Waals surface area contributed by atoms with E-state index in [1.165, 1.54) is 24.3 Å². The van der Waals surface area contributed by atoms with Crippen molar-refractivity contribution < 1.29 is 18.3 Å². The van der Waals surface area contributed by atoms with Gasteiger partial charge in [-0.2, -0.15) is 8.78 Å². The minimum atomic E-state index is -3.32. The number of aryl methyl sites for hydroxylation is 2. The number of hydrogen-bond acceptors (Lipinski definition) is 2. The first-order valence-corrected chi connectivity index (χ1v) is 9.17. The summed E-state index contributed by atoms with van der Waals surface area (Å²) in [5.74, 6) is -4.06. The molecule has 3 rings (SSSR count). The Morgan fingerprint density at radius 2 is 1.46 bits per heavy atom. The second-order valence-corrected chi connectivity index (χ2v) is 6.72. The van der Waals surface area contributed by atoms with Crippen LogP contribution in [0.4, 0.5) is 8.78 Å². The smallest absolute Gasteiger partial charge is 0.338 e. The van der Waals surface area contributed by atoms with Crippen LogP contribution in [-0.4, -0.2) is 12.6 Å². The minimum absolute atomic E-state index is 0.0953. The first-order chi connectivity index (χ1) is 13.3. The number of alkyl halides is 2. The quantitative estimate of drug-likeness (QED) is 0.487. The van der Waals surface area contributed by atoms with Crippen molar-refractivity contribution in [2.45, 2.75) is 26.7 Å². The fraction of sp³-hybridized carbons (Fsp3) is 0.208. The molecule has 0 atom stereocenters. The summed E-state index contributed by atoms with van der Waals surface area (Å²) < 4.78 is 35.8. The predicted molar refractivity (Wildman–Crippen MR) is 107 cm³/mol. The molecule has 0 heterocycles. The predicted octanol–water partition coefficient (Wildman–Crippen LogP) is 6.29. The van der Waals surface area contributed by atoms with Crippen LogP contribution in [0.5, 0.6) is 0 Å². The Kier molecular flexibility index (Phi) is 5.59. The number of esters is 1. The number of carbonyl (C=O) groups excluding carboxylic acids is 1. The van der Waals surface area contributed by atoms with Crippen molar-refractivity contribution in [3.63, 3.8) is 0 Å². The minimum Gasteiger partial charge on any atom is -0.462 e. The Morgan fingerprint density at radius 1 is 0.893 bits per heavy atom. The maximum absolute atomic E-state index is 15.4. The van der Waals surface area contributed by atoms with Gasteiger partial charge in [-0.15, -0.1) is 0 Å². The van der Waals surface area contributed by atoms with Crippen LogP contribution >= 0.6 is 0 Å². The molecule has 0 radical (unpaired) electrons. The van der Waals surface area contributed by atoms with Crippen molar-refractivity contribution in [3.05, 3.63) is 94.5 Å². The topological polar surface area (TPSA) is 26.3 Å². The van der Waals surface area contributed by atoms with Crippen molar-refractivity contribution in [2.24, 2.45) is 0 Å². The van der Waals surface area contributed by atoms with Gasteiger partial charge in [-0.05, 0) is 55.2 Å². The van der Waals surface area contributed by atoms with Gasteiger partial charge in [-0.25, -0.2) is 4.79 Å². The average Bonchev–Trinajstić information content (AvgIpc) is 2.70. The molecule has 0 aromatic heterocycles. The van der Waals surface area contributed by atoms with Crippen LogP contribution < -0.4 is 0 Å². The number of rotatable bonds is 5. The van der Waals surface area contributed by atoms with Gasteiger partial charge in [0.15, 0.2) is 0 Å². The highest BCUT2D eigenvalue weighted by molar-refractivity contribution is 5.92. The molecule has 3 aromatic carbocycles. The Morgan fingerprint density at radius 3 is 2.07 bits per heavy atom. The van der Waals surface area contributed by atoms with E-state index in [9.17, 15) is 4.79 Å². The third-order valence-electron chi connectivity index (χ3n) is 4.82. The van der Waals surface area contributed by atoms with E-state index in [4.69, 9.17) is 4.74 Å². The van der Waals surface area contributed by atoms with E-state index in [2.05, 4.69) is 0 Å². The van der Waals surface area contributed by atoms with E-state index in [0.717, 1.165) is 16.7 Å². The summed E-state index contributed by atoms with van der Waals surface area (Å²) in [6.07, 6.45) is 0. The van der Waals surface area contributed by atoms with Gasteiger partial charge in [0.05, 0.1) is 12.2 Å². The van der Waals surface area contributed by atoms with Crippen LogP contribution in [0.15, 0.2) is 66.7 Å². The molecule has 0 aliphatic rings. The average molecular weight is 380 g/mol. The van der Waals surface area contributed by atoms with Gasteiger partial charge in [0.25, 0.3) is 5.92 Å². The molecule has 4 heteroatoms. The lowest BCUT2D eigenvalue weighted by Gasteiger charge is -2.22. The fourth-order valence-corrected chi connectivity index (χ4v) is 3.11. The Hall–Kier alpha value is -3.01. The van der Waals surface area contributed by atoms with Crippen molar-refractivity contribution >= 4 is 5.97 Å². The van der Waals surface area contributed by atoms with E-state index in [-0.39, 0.29) is 23.3 Å². The van der Waals surface area contributed by atoms with E-state index in [0.29, 0.717) is 5.56 Å². The summed E-state index contributed by atoms with van der Waals surface area (Å²) in [4.78, 5) is 12.3. The zero-order valence-electron chi connectivity index (χ0n) is 16.1. The van der Waals surface area contributed by atoms with Crippen molar-refractivity contribution in [1.29, 1.82) is 0 Å². The molecule has 0 N–H and O–H groups in total. The standard InChI is InChI=1S/C24H22F2O2/c1-4-28-23(27)21-14-16(2)17(3)15-22(21)24(25,26)20-12-10-19(11-13-20)18-8-6-5-7-9-18/h5-15H,4H2,1-3H3. The van der Waals surface area contributed by atoms with Gasteiger partial charge in [0.1, 0.15) is 0 Å². The molecule has 3 aromatic rings. The fourth-order valence-electron chi connectivity index (χ4n) is 3.11. The second-order valence-electron chi connectivity index (χ2n) is 6.72. The lowest BCUT2D eigenvalue weighted by Crippen LogP contribution is -2.21. The van der Waals surface area contributed by atoms with Gasteiger partial charge >= 0.3 is 5.97 Å². The zero-order chi connectivity index (χ0) is 20.3. The Balaban J connectivity index is 2.05. The van der Waals surface area contributed by atoms with Gasteiger partial charge in [-0.3, -0.25) is 0 Å². The van der Waals surface area contributed by atoms with E-state index in [1.807, 2.05) is 30.3 Å². The van der Waals surface area contributed by atoms with Crippen molar-refractivity contribution in [3.8, 4) is 11.1 Å². The molecule has 0 bridgehead atoms. The van der Waals surface area contributed by atoms with Gasteiger partial charge < -0.3 is 4.74 Å². The molecule has 2 nitrogen and oxygen atoms in total. The zero-order valence-corrected chi connectivity index (χ0v) is 16.1. The first kappa shape index (κ1) is 19.7. The summed E-state index contributed by atoms with van der Waals surface area (Å²) in [7, 11) is 0. The molecule has 0 aliphatic heterocycles. The summed E-state index contributed by atoms with van der Waals surface area (Å²) in [6.45, 7) is 5.32. The van der Waals surface area contributed by atoms with E-state index in [1.54, 1.807) is 32.9 Å². The van der Waals surface area contributed by atoms with E-state index < -0.39 is 11.9 Å². The van der Waals surface area contributed by atoms with Crippen LogP contribution in [0.25, 0.3) is 11.1 Å². The summed E-state index contributed by atoms with van der Waals surface area (Å²) in [6, 6.07) is 18.6. The van der Waals surface area contributed by atoms with Crippen molar-refractivity contribution in [1.82, 2.24) is 0 Å². The summed E-state index contributed by atoms with van der Waals surface area (Å²) in [5, 5.41) is 0. The molecule has 0 amide bonds. The molecule has 0 fully saturated rings. The number of benzene rings is 3. The molecule has 0 saturated heterocycles. The lowest BCUT2D eigenvalue weighted by molar-refractivity contribution is 0.0357. The third kappa shape index (κ3) is 3.81. The van der Waals surface area contributed by atoms with Crippen LogP contribution in [0, 0.1) is 13.8 Å². The molecule has 28 heavy (non-hydrogen) atoms. The van der Waals surface area contributed by atoms with E-state index >= 15 is 8.78 Å². The maximum Gasteiger partial charge on any atom is 0.338 e. The SMILES string of the molecule is CCOC(=O)c1cc(C)c(C)cc1C(F)(F)c1ccc(-c2ccccc2)cc1. The highest BCUT2D eigenvalue weighted by atomic mass is 19.3. The largest absolute Gasteiger partial charge is 0.462 e. The highest BCUT2D eigenvalue weighted by Crippen LogP contribution is 2.39. The van der Waals surface area contributed by atoms with Crippen molar-refractivity contribution in [2.75, 3.05) is 6.61 Å². The monoisotopic (exact) mass is 380 g/mol. The van der Waals surface area contributed by atoms with Gasteiger partial charge in [-0.1, -0.05) is 54.6 Å². The number of halogens is 2. The third-order valence-corrected chi connectivity index (χ3v) is 4.82. The highest BCUT2D eigenvalue weighted by Gasteiger charge is 2.38. The van der Waals surface area contributed by atoms with Crippen LogP contribution in [-0.2, 0) is 10.7 Å². The molecule has 0 unspecified atom stereocenters. The van der Waals surface area contributed by atoms with Gasteiger partial charge in [0, 0.05) is 11.1 Å². The van der Waals surface area contributed by atoms with Crippen LogP contribution in [0.3, 0.4) is 0 Å². The molecular weight excluding hydrogens is 358 g/mol. The summed E-state index contributed by atoms with van der Waals surface area (Å²) >= 11 is 0. The Bertz CT molecular complexity index is 977. The number of carbonyl (C=O) groups is 1. The Labute approximate surface area is 163 Å². The maximum atomic E-state index is 15.4. The molecule has 144 valence electrons. The second kappa shape index (κ2) is 7.93.